The van der Waals surface area contributed by atoms with Gasteiger partial charge in [0.1, 0.15) is 11.5 Å². The van der Waals surface area contributed by atoms with Crippen LogP contribution in [0, 0.1) is 5.82 Å². The fraction of sp³-hybridized carbons (Fsp3) is 0.400. The molecule has 0 saturated heterocycles. The Morgan fingerprint density at radius 1 is 1.35 bits per heavy atom. The molecule has 0 aliphatic rings. The van der Waals surface area contributed by atoms with Crippen LogP contribution in [0.4, 0.5) is 4.39 Å². The number of hydrogen-bond donors (Lipinski definition) is 1. The molecule has 1 heterocycles. The lowest BCUT2D eigenvalue weighted by atomic mass is 10.2. The van der Waals surface area contributed by atoms with E-state index in [0.717, 1.165) is 37.2 Å². The van der Waals surface area contributed by atoms with E-state index in [1.54, 1.807) is 23.0 Å². The number of para-hydroxylation sites is 1. The highest BCUT2D eigenvalue weighted by Gasteiger charge is 2.16. The molecule has 0 spiro atoms. The van der Waals surface area contributed by atoms with Crippen molar-refractivity contribution in [2.45, 2.75) is 33.2 Å². The zero-order chi connectivity index (χ0) is 14.5. The van der Waals surface area contributed by atoms with Crippen LogP contribution in [-0.2, 0) is 13.0 Å². The second kappa shape index (κ2) is 6.86. The molecule has 1 N–H and O–H groups in total. The number of nitrogens with one attached hydrogen (secondary N) is 1. The van der Waals surface area contributed by atoms with Crippen LogP contribution in [-0.4, -0.2) is 16.3 Å². The van der Waals surface area contributed by atoms with Crippen molar-refractivity contribution in [3.8, 4) is 5.69 Å². The molecule has 20 heavy (non-hydrogen) atoms. The van der Waals surface area contributed by atoms with Crippen LogP contribution < -0.4 is 5.32 Å². The summed E-state index contributed by atoms with van der Waals surface area (Å²) in [6.45, 7) is 5.85. The Labute approximate surface area is 123 Å². The molecule has 108 valence electrons. The minimum atomic E-state index is -0.358. The molecule has 0 amide bonds. The van der Waals surface area contributed by atoms with Crippen LogP contribution in [0.5, 0.6) is 0 Å². The highest BCUT2D eigenvalue weighted by atomic mass is 35.5. The first-order chi connectivity index (χ1) is 9.69. The maximum atomic E-state index is 14.0. The van der Waals surface area contributed by atoms with E-state index >= 15 is 0 Å². The SMILES string of the molecule is CCCNCc1cnn(-c2c(F)cccc2Cl)c1CC. The van der Waals surface area contributed by atoms with Gasteiger partial charge in [-0.05, 0) is 31.5 Å². The minimum Gasteiger partial charge on any atom is -0.313 e. The zero-order valence-corrected chi connectivity index (χ0v) is 12.5. The maximum Gasteiger partial charge on any atom is 0.150 e. The van der Waals surface area contributed by atoms with Crippen molar-refractivity contribution in [3.05, 3.63) is 46.5 Å². The van der Waals surface area contributed by atoms with Crippen LogP contribution in [0.2, 0.25) is 5.02 Å². The first kappa shape index (κ1) is 15.0. The van der Waals surface area contributed by atoms with E-state index < -0.39 is 0 Å². The number of halogens is 2. The highest BCUT2D eigenvalue weighted by Crippen LogP contribution is 2.25. The molecule has 2 rings (SSSR count). The average molecular weight is 296 g/mol. The summed E-state index contributed by atoms with van der Waals surface area (Å²) in [5, 5.41) is 8.02. The first-order valence-corrected chi connectivity index (χ1v) is 7.27. The van der Waals surface area contributed by atoms with E-state index in [0.29, 0.717) is 10.7 Å². The van der Waals surface area contributed by atoms with Crippen molar-refractivity contribution < 1.29 is 4.39 Å². The Morgan fingerprint density at radius 2 is 2.15 bits per heavy atom. The lowest BCUT2D eigenvalue weighted by Gasteiger charge is -2.11. The average Bonchev–Trinajstić information content (AvgIpc) is 2.82. The molecule has 5 heteroatoms. The predicted octanol–water partition coefficient (Wildman–Crippen LogP) is 3.73. The normalized spacial score (nSPS) is 11.0. The molecule has 3 nitrogen and oxygen atoms in total. The molecule has 0 saturated carbocycles. The Morgan fingerprint density at radius 3 is 2.80 bits per heavy atom. The summed E-state index contributed by atoms with van der Waals surface area (Å²) in [6.07, 6.45) is 3.63. The molecule has 0 radical (unpaired) electrons. The van der Waals surface area contributed by atoms with E-state index in [1.807, 2.05) is 6.92 Å². The Balaban J connectivity index is 2.37. The van der Waals surface area contributed by atoms with Crippen LogP contribution in [0.25, 0.3) is 5.69 Å². The van der Waals surface area contributed by atoms with E-state index in [2.05, 4.69) is 17.3 Å². The van der Waals surface area contributed by atoms with E-state index in [-0.39, 0.29) is 5.82 Å². The predicted molar refractivity (Wildman–Crippen MR) is 79.9 cm³/mol. The van der Waals surface area contributed by atoms with Crippen LogP contribution >= 0.6 is 11.6 Å². The molecule has 0 unspecified atom stereocenters. The van der Waals surface area contributed by atoms with Gasteiger partial charge in [-0.2, -0.15) is 5.10 Å². The largest absolute Gasteiger partial charge is 0.313 e. The van der Waals surface area contributed by atoms with Crippen molar-refractivity contribution in [2.24, 2.45) is 0 Å². The number of aromatic nitrogens is 2. The van der Waals surface area contributed by atoms with Gasteiger partial charge in [-0.1, -0.05) is 31.5 Å². The number of rotatable bonds is 6. The fourth-order valence-corrected chi connectivity index (χ4v) is 2.46. The Bertz CT molecular complexity index is 560. The number of hydrogen-bond acceptors (Lipinski definition) is 2. The molecule has 0 aliphatic carbocycles. The van der Waals surface area contributed by atoms with Crippen molar-refractivity contribution in [3.63, 3.8) is 0 Å². The van der Waals surface area contributed by atoms with Gasteiger partial charge in [-0.15, -0.1) is 0 Å². The van der Waals surface area contributed by atoms with Crippen molar-refractivity contribution in [1.29, 1.82) is 0 Å². The van der Waals surface area contributed by atoms with Crippen LogP contribution in [0.1, 0.15) is 31.5 Å². The van der Waals surface area contributed by atoms with Gasteiger partial charge in [-0.3, -0.25) is 0 Å². The number of nitrogens with zero attached hydrogens (tertiary/aromatic N) is 2. The summed E-state index contributed by atoms with van der Waals surface area (Å²) >= 11 is 6.11. The zero-order valence-electron chi connectivity index (χ0n) is 11.8. The quantitative estimate of drug-likeness (QED) is 0.823. The van der Waals surface area contributed by atoms with Gasteiger partial charge in [0.05, 0.1) is 11.2 Å². The van der Waals surface area contributed by atoms with Crippen LogP contribution in [0.3, 0.4) is 0 Å². The molecule has 1 aromatic carbocycles. The fourth-order valence-electron chi connectivity index (χ4n) is 2.22. The van der Waals surface area contributed by atoms with Gasteiger partial charge in [0.15, 0.2) is 0 Å². The topological polar surface area (TPSA) is 29.9 Å². The maximum absolute atomic E-state index is 14.0. The monoisotopic (exact) mass is 295 g/mol. The molecule has 0 atom stereocenters. The third-order valence-electron chi connectivity index (χ3n) is 3.18. The standard InChI is InChI=1S/C15H19ClFN3/c1-3-8-18-9-11-10-19-20(14(11)4-2)15-12(16)6-5-7-13(15)17/h5-7,10,18H,3-4,8-9H2,1-2H3. The third kappa shape index (κ3) is 3.02. The van der Waals surface area contributed by atoms with Crippen molar-refractivity contribution in [2.75, 3.05) is 6.54 Å². The van der Waals surface area contributed by atoms with Crippen LogP contribution in [0.15, 0.2) is 24.4 Å². The smallest absolute Gasteiger partial charge is 0.150 e. The minimum absolute atomic E-state index is 0.327. The molecular weight excluding hydrogens is 277 g/mol. The lowest BCUT2D eigenvalue weighted by molar-refractivity contribution is 0.606. The van der Waals surface area contributed by atoms with Gasteiger partial charge >= 0.3 is 0 Å². The molecule has 2 aromatic rings. The van der Waals surface area contributed by atoms with Gasteiger partial charge in [0.2, 0.25) is 0 Å². The Hall–Kier alpha value is -1.39. The van der Waals surface area contributed by atoms with E-state index in [1.165, 1.54) is 6.07 Å². The molecule has 1 aromatic heterocycles. The third-order valence-corrected chi connectivity index (χ3v) is 3.49. The first-order valence-electron chi connectivity index (χ1n) is 6.89. The summed E-state index contributed by atoms with van der Waals surface area (Å²) in [5.74, 6) is -0.358. The van der Waals surface area contributed by atoms with Crippen molar-refractivity contribution in [1.82, 2.24) is 15.1 Å². The van der Waals surface area contributed by atoms with Crippen molar-refractivity contribution >= 4 is 11.6 Å². The summed E-state index contributed by atoms with van der Waals surface area (Å²) in [5.41, 5.74) is 2.40. The number of benzene rings is 1. The van der Waals surface area contributed by atoms with Gasteiger partial charge in [0, 0.05) is 17.8 Å². The highest BCUT2D eigenvalue weighted by molar-refractivity contribution is 6.32. The second-order valence-corrected chi connectivity index (χ2v) is 5.04. The van der Waals surface area contributed by atoms with Gasteiger partial charge in [0.25, 0.3) is 0 Å². The van der Waals surface area contributed by atoms with Gasteiger partial charge < -0.3 is 5.32 Å². The summed E-state index contributed by atoms with van der Waals surface area (Å²) in [4.78, 5) is 0. The van der Waals surface area contributed by atoms with Gasteiger partial charge in [-0.25, -0.2) is 9.07 Å². The summed E-state index contributed by atoms with van der Waals surface area (Å²) in [6, 6.07) is 4.67. The summed E-state index contributed by atoms with van der Waals surface area (Å²) in [7, 11) is 0. The Kier molecular flexibility index (Phi) is 5.15. The second-order valence-electron chi connectivity index (χ2n) is 4.63. The molecule has 0 fully saturated rings. The molecule has 0 bridgehead atoms. The van der Waals surface area contributed by atoms with E-state index in [9.17, 15) is 4.39 Å². The summed E-state index contributed by atoms with van der Waals surface area (Å²) < 4.78 is 15.6. The molecular formula is C15H19ClFN3. The molecule has 0 aliphatic heterocycles. The lowest BCUT2D eigenvalue weighted by Crippen LogP contribution is -2.15. The van der Waals surface area contributed by atoms with E-state index in [4.69, 9.17) is 11.6 Å².